The summed E-state index contributed by atoms with van der Waals surface area (Å²) >= 11 is 0. The fourth-order valence-corrected chi connectivity index (χ4v) is 2.51. The van der Waals surface area contributed by atoms with Gasteiger partial charge in [0.1, 0.15) is 0 Å². The van der Waals surface area contributed by atoms with Gasteiger partial charge in [0.25, 0.3) is 0 Å². The molecule has 3 heteroatoms. The molecule has 18 heavy (non-hydrogen) atoms. The molecule has 0 saturated carbocycles. The minimum Gasteiger partial charge on any atom is -0.380 e. The van der Waals surface area contributed by atoms with Crippen LogP contribution in [0, 0.1) is 5.92 Å². The molecule has 2 rings (SSSR count). The van der Waals surface area contributed by atoms with Gasteiger partial charge in [0, 0.05) is 26.2 Å². The second-order valence-corrected chi connectivity index (χ2v) is 4.82. The van der Waals surface area contributed by atoms with Crippen LogP contribution in [0.15, 0.2) is 24.3 Å². The Morgan fingerprint density at radius 2 is 2.11 bits per heavy atom. The van der Waals surface area contributed by atoms with E-state index in [2.05, 4.69) is 36.5 Å². The standard InChI is InChI=1S/C15H23NO2/c1-3-16-10-14-8-9-18-15(14)13-6-4-12(5-7-13)11-17-2/h4-7,14-16H,3,8-11H2,1-2H3. The van der Waals surface area contributed by atoms with Gasteiger partial charge in [-0.1, -0.05) is 31.2 Å². The van der Waals surface area contributed by atoms with E-state index in [1.807, 2.05) is 0 Å². The van der Waals surface area contributed by atoms with E-state index >= 15 is 0 Å². The molecule has 0 amide bonds. The molecule has 1 heterocycles. The fraction of sp³-hybridized carbons (Fsp3) is 0.600. The zero-order valence-electron chi connectivity index (χ0n) is 11.3. The molecule has 1 saturated heterocycles. The molecule has 0 bridgehead atoms. The maximum absolute atomic E-state index is 5.88. The first-order chi connectivity index (χ1) is 8.85. The summed E-state index contributed by atoms with van der Waals surface area (Å²) in [5, 5.41) is 3.42. The molecule has 0 aliphatic carbocycles. The summed E-state index contributed by atoms with van der Waals surface area (Å²) in [5.74, 6) is 0.596. The number of rotatable bonds is 6. The van der Waals surface area contributed by atoms with Gasteiger partial charge in [-0.05, 0) is 24.1 Å². The highest BCUT2D eigenvalue weighted by Gasteiger charge is 2.28. The number of nitrogens with one attached hydrogen (secondary N) is 1. The van der Waals surface area contributed by atoms with E-state index in [1.165, 1.54) is 11.1 Å². The van der Waals surface area contributed by atoms with Crippen LogP contribution >= 0.6 is 0 Å². The van der Waals surface area contributed by atoms with Crippen LogP contribution in [0.3, 0.4) is 0 Å². The number of hydrogen-bond donors (Lipinski definition) is 1. The summed E-state index contributed by atoms with van der Waals surface area (Å²) in [6, 6.07) is 8.60. The van der Waals surface area contributed by atoms with E-state index in [4.69, 9.17) is 9.47 Å². The van der Waals surface area contributed by atoms with Crippen molar-refractivity contribution in [3.05, 3.63) is 35.4 Å². The molecule has 1 fully saturated rings. The molecule has 2 atom stereocenters. The van der Waals surface area contributed by atoms with Crippen LogP contribution in [0.25, 0.3) is 0 Å². The van der Waals surface area contributed by atoms with Gasteiger partial charge in [-0.15, -0.1) is 0 Å². The monoisotopic (exact) mass is 249 g/mol. The molecule has 1 N–H and O–H groups in total. The van der Waals surface area contributed by atoms with Crippen molar-refractivity contribution in [1.82, 2.24) is 5.32 Å². The second kappa shape index (κ2) is 6.88. The first-order valence-electron chi connectivity index (χ1n) is 6.75. The maximum Gasteiger partial charge on any atom is 0.0866 e. The zero-order chi connectivity index (χ0) is 12.8. The van der Waals surface area contributed by atoms with Crippen molar-refractivity contribution in [2.45, 2.75) is 26.1 Å². The van der Waals surface area contributed by atoms with Crippen LogP contribution in [0.2, 0.25) is 0 Å². The smallest absolute Gasteiger partial charge is 0.0866 e. The van der Waals surface area contributed by atoms with Gasteiger partial charge in [0.15, 0.2) is 0 Å². The predicted molar refractivity (Wildman–Crippen MR) is 72.5 cm³/mol. The maximum atomic E-state index is 5.88. The van der Waals surface area contributed by atoms with Crippen molar-refractivity contribution in [2.24, 2.45) is 5.92 Å². The van der Waals surface area contributed by atoms with Crippen molar-refractivity contribution < 1.29 is 9.47 Å². The molecule has 1 aliphatic rings. The van der Waals surface area contributed by atoms with Crippen molar-refractivity contribution in [1.29, 1.82) is 0 Å². The Hall–Kier alpha value is -0.900. The Kier molecular flexibility index (Phi) is 5.17. The summed E-state index contributed by atoms with van der Waals surface area (Å²) in [6.07, 6.45) is 1.40. The number of methoxy groups -OCH3 is 1. The second-order valence-electron chi connectivity index (χ2n) is 4.82. The van der Waals surface area contributed by atoms with Gasteiger partial charge >= 0.3 is 0 Å². The molecule has 0 aromatic heterocycles. The Morgan fingerprint density at radius 1 is 1.33 bits per heavy atom. The Labute approximate surface area is 109 Å². The van der Waals surface area contributed by atoms with E-state index in [9.17, 15) is 0 Å². The molecule has 0 radical (unpaired) electrons. The molecule has 0 spiro atoms. The molecular formula is C15H23NO2. The summed E-state index contributed by atoms with van der Waals surface area (Å²) in [6.45, 7) is 5.76. The van der Waals surface area contributed by atoms with E-state index in [1.54, 1.807) is 7.11 Å². The molecule has 1 aliphatic heterocycles. The Morgan fingerprint density at radius 3 is 2.78 bits per heavy atom. The van der Waals surface area contributed by atoms with Gasteiger partial charge in [-0.2, -0.15) is 0 Å². The lowest BCUT2D eigenvalue weighted by molar-refractivity contribution is 0.0906. The quantitative estimate of drug-likeness (QED) is 0.840. The van der Waals surface area contributed by atoms with Gasteiger partial charge in [-0.25, -0.2) is 0 Å². The SMILES string of the molecule is CCNCC1CCOC1c1ccc(COC)cc1. The van der Waals surface area contributed by atoms with Crippen molar-refractivity contribution in [3.63, 3.8) is 0 Å². The highest BCUT2D eigenvalue weighted by Crippen LogP contribution is 2.34. The lowest BCUT2D eigenvalue weighted by atomic mass is 9.94. The first-order valence-corrected chi connectivity index (χ1v) is 6.75. The summed E-state index contributed by atoms with van der Waals surface area (Å²) < 4.78 is 11.0. The average Bonchev–Trinajstić information content (AvgIpc) is 2.86. The summed E-state index contributed by atoms with van der Waals surface area (Å²) in [4.78, 5) is 0. The van der Waals surface area contributed by atoms with E-state index < -0.39 is 0 Å². The highest BCUT2D eigenvalue weighted by molar-refractivity contribution is 5.25. The van der Waals surface area contributed by atoms with Crippen LogP contribution in [0.4, 0.5) is 0 Å². The third kappa shape index (κ3) is 3.31. The third-order valence-electron chi connectivity index (χ3n) is 3.49. The molecule has 100 valence electrons. The first kappa shape index (κ1) is 13.5. The van der Waals surface area contributed by atoms with E-state index in [-0.39, 0.29) is 6.10 Å². The molecule has 1 aromatic carbocycles. The minimum atomic E-state index is 0.251. The van der Waals surface area contributed by atoms with Crippen LogP contribution in [-0.2, 0) is 16.1 Å². The number of benzene rings is 1. The third-order valence-corrected chi connectivity index (χ3v) is 3.49. The van der Waals surface area contributed by atoms with Crippen molar-refractivity contribution in [2.75, 3.05) is 26.8 Å². The Balaban J connectivity index is 2.00. The van der Waals surface area contributed by atoms with Crippen LogP contribution in [-0.4, -0.2) is 26.8 Å². The summed E-state index contributed by atoms with van der Waals surface area (Å²) in [7, 11) is 1.72. The van der Waals surface area contributed by atoms with Gasteiger partial charge in [-0.3, -0.25) is 0 Å². The van der Waals surface area contributed by atoms with E-state index in [0.717, 1.165) is 26.1 Å². The highest BCUT2D eigenvalue weighted by atomic mass is 16.5. The fourth-order valence-electron chi connectivity index (χ4n) is 2.51. The van der Waals surface area contributed by atoms with E-state index in [0.29, 0.717) is 12.5 Å². The van der Waals surface area contributed by atoms with Crippen molar-refractivity contribution >= 4 is 0 Å². The number of hydrogen-bond acceptors (Lipinski definition) is 3. The average molecular weight is 249 g/mol. The van der Waals surface area contributed by atoms with Crippen LogP contribution in [0.1, 0.15) is 30.6 Å². The van der Waals surface area contributed by atoms with Gasteiger partial charge < -0.3 is 14.8 Å². The topological polar surface area (TPSA) is 30.5 Å². The molecule has 1 aromatic rings. The lowest BCUT2D eigenvalue weighted by Crippen LogP contribution is -2.24. The normalized spacial score (nSPS) is 23.4. The van der Waals surface area contributed by atoms with Gasteiger partial charge in [0.2, 0.25) is 0 Å². The number of ether oxygens (including phenoxy) is 2. The van der Waals surface area contributed by atoms with Gasteiger partial charge in [0.05, 0.1) is 12.7 Å². The predicted octanol–water partition coefficient (Wildman–Crippen LogP) is 2.52. The van der Waals surface area contributed by atoms with Crippen LogP contribution < -0.4 is 5.32 Å². The minimum absolute atomic E-state index is 0.251. The van der Waals surface area contributed by atoms with Crippen molar-refractivity contribution in [3.8, 4) is 0 Å². The molecule has 2 unspecified atom stereocenters. The lowest BCUT2D eigenvalue weighted by Gasteiger charge is -2.19. The summed E-state index contributed by atoms with van der Waals surface area (Å²) in [5.41, 5.74) is 2.50. The van der Waals surface area contributed by atoms with Crippen LogP contribution in [0.5, 0.6) is 0 Å². The Bertz CT molecular complexity index is 350. The molecule has 3 nitrogen and oxygen atoms in total. The molecular weight excluding hydrogens is 226 g/mol. The largest absolute Gasteiger partial charge is 0.380 e. The zero-order valence-corrected chi connectivity index (χ0v) is 11.3.